The van der Waals surface area contributed by atoms with Gasteiger partial charge in [-0.15, -0.1) is 0 Å². The van der Waals surface area contributed by atoms with Crippen LogP contribution in [-0.4, -0.2) is 19.6 Å². The summed E-state index contributed by atoms with van der Waals surface area (Å²) in [6, 6.07) is 0. The molecule has 0 rings (SSSR count). The second-order valence-corrected chi connectivity index (χ2v) is 5.74. The van der Waals surface area contributed by atoms with Crippen LogP contribution in [0, 0.1) is 0 Å². The number of hydrogen-bond acceptors (Lipinski definition) is 3. The van der Waals surface area contributed by atoms with E-state index in [-0.39, 0.29) is 8.37 Å². The molecule has 3 nitrogen and oxygen atoms in total. The normalized spacial score (nSPS) is 11.2. The maximum atomic E-state index is 3.58. The highest BCUT2D eigenvalue weighted by atomic mass is 31.1. The third-order valence-corrected chi connectivity index (χ3v) is 4.02. The van der Waals surface area contributed by atoms with Crippen molar-refractivity contribution < 1.29 is 0 Å². The molecule has 0 aliphatic rings. The van der Waals surface area contributed by atoms with E-state index >= 15 is 0 Å². The van der Waals surface area contributed by atoms with Crippen molar-refractivity contribution >= 4 is 8.37 Å². The van der Waals surface area contributed by atoms with Gasteiger partial charge in [0.15, 0.2) is 0 Å². The fourth-order valence-corrected chi connectivity index (χ4v) is 2.75. The van der Waals surface area contributed by atoms with Crippen molar-refractivity contribution in [1.29, 1.82) is 0 Å². The van der Waals surface area contributed by atoms with Crippen LogP contribution >= 0.6 is 8.37 Å². The molecule has 4 heteroatoms. The summed E-state index contributed by atoms with van der Waals surface area (Å²) >= 11 is 0. The van der Waals surface area contributed by atoms with E-state index in [2.05, 4.69) is 36.0 Å². The van der Waals surface area contributed by atoms with Crippen LogP contribution in [0.15, 0.2) is 0 Å². The van der Waals surface area contributed by atoms with E-state index in [1.165, 1.54) is 38.5 Å². The molecule has 0 radical (unpaired) electrons. The molecule has 0 bridgehead atoms. The molecule has 0 aliphatic heterocycles. The quantitative estimate of drug-likeness (QED) is 0.365. The monoisotopic (exact) mass is 247 g/mol. The first-order valence-electron chi connectivity index (χ1n) is 6.85. The Balaban J connectivity index is 3.58. The van der Waals surface area contributed by atoms with Gasteiger partial charge < -0.3 is 0 Å². The minimum atomic E-state index is -0.345. The highest BCUT2D eigenvalue weighted by Crippen LogP contribution is 2.18. The van der Waals surface area contributed by atoms with Crippen LogP contribution in [0.25, 0.3) is 0 Å². The zero-order valence-corrected chi connectivity index (χ0v) is 12.2. The van der Waals surface area contributed by atoms with Gasteiger partial charge in [-0.25, -0.2) is 0 Å². The lowest BCUT2D eigenvalue weighted by Gasteiger charge is -2.20. The van der Waals surface area contributed by atoms with E-state index in [0.717, 1.165) is 19.6 Å². The molecule has 0 aromatic rings. The Morgan fingerprint density at radius 2 is 0.938 bits per heavy atom. The molecule has 0 fully saturated rings. The fraction of sp³-hybridized carbons (Fsp3) is 1.00. The maximum absolute atomic E-state index is 3.58. The molecule has 3 N–H and O–H groups in total. The van der Waals surface area contributed by atoms with Crippen molar-refractivity contribution in [3.05, 3.63) is 0 Å². The molecule has 98 valence electrons. The Morgan fingerprint density at radius 1 is 0.625 bits per heavy atom. The van der Waals surface area contributed by atoms with E-state index in [0.29, 0.717) is 0 Å². The zero-order chi connectivity index (χ0) is 12.1. The topological polar surface area (TPSA) is 36.1 Å². The second kappa shape index (κ2) is 13.4. The van der Waals surface area contributed by atoms with Gasteiger partial charge in [-0.05, 0) is 19.3 Å². The molecule has 0 unspecified atom stereocenters. The zero-order valence-electron chi connectivity index (χ0n) is 11.3. The lowest BCUT2D eigenvalue weighted by Crippen LogP contribution is -2.29. The van der Waals surface area contributed by atoms with Crippen LogP contribution in [0.5, 0.6) is 0 Å². The molecule has 0 atom stereocenters. The van der Waals surface area contributed by atoms with Crippen LogP contribution in [0.4, 0.5) is 0 Å². The molecule has 0 spiro atoms. The van der Waals surface area contributed by atoms with Crippen molar-refractivity contribution in [3.8, 4) is 0 Å². The molecule has 0 heterocycles. The molecular weight excluding hydrogens is 217 g/mol. The smallest absolute Gasteiger partial charge is 0.111 e. The molecule has 0 aromatic heterocycles. The average molecular weight is 247 g/mol. The van der Waals surface area contributed by atoms with Crippen LogP contribution in [0.3, 0.4) is 0 Å². The second-order valence-electron chi connectivity index (χ2n) is 4.12. The van der Waals surface area contributed by atoms with E-state index in [9.17, 15) is 0 Å². The highest BCUT2D eigenvalue weighted by Gasteiger charge is 2.04. The summed E-state index contributed by atoms with van der Waals surface area (Å²) in [5.41, 5.74) is 0. The van der Waals surface area contributed by atoms with Crippen molar-refractivity contribution in [3.63, 3.8) is 0 Å². The number of rotatable bonds is 12. The standard InChI is InChI=1S/C12H30N3P/c1-4-7-10-13-16(14-11-8-5-2)15-12-9-6-3/h13-15H,4-12H2,1-3H3. The Labute approximate surface area is 103 Å². The first kappa shape index (κ1) is 16.3. The Kier molecular flexibility index (Phi) is 13.6. The molecule has 0 amide bonds. The van der Waals surface area contributed by atoms with Crippen LogP contribution in [0.1, 0.15) is 59.3 Å². The summed E-state index contributed by atoms with van der Waals surface area (Å²) in [7, 11) is -0.345. The fourth-order valence-electron chi connectivity index (χ4n) is 1.27. The highest BCUT2D eigenvalue weighted by molar-refractivity contribution is 7.51. The van der Waals surface area contributed by atoms with Crippen molar-refractivity contribution in [2.45, 2.75) is 59.3 Å². The van der Waals surface area contributed by atoms with E-state index in [4.69, 9.17) is 0 Å². The summed E-state index contributed by atoms with van der Waals surface area (Å²) < 4.78 is 0. The lowest BCUT2D eigenvalue weighted by atomic mass is 10.3. The van der Waals surface area contributed by atoms with Crippen molar-refractivity contribution in [2.75, 3.05) is 19.6 Å². The molecule has 0 aromatic carbocycles. The van der Waals surface area contributed by atoms with Crippen molar-refractivity contribution in [1.82, 2.24) is 15.3 Å². The molecule has 16 heavy (non-hydrogen) atoms. The van der Waals surface area contributed by atoms with E-state index in [1.54, 1.807) is 0 Å². The predicted molar refractivity (Wildman–Crippen MR) is 75.7 cm³/mol. The van der Waals surface area contributed by atoms with Crippen LogP contribution in [0.2, 0.25) is 0 Å². The first-order chi connectivity index (χ1) is 7.85. The largest absolute Gasteiger partial charge is 0.271 e. The number of nitrogens with one attached hydrogen (secondary N) is 3. The molecule has 0 aliphatic carbocycles. The SMILES string of the molecule is CCCCNP(NCCCC)NCCCC. The summed E-state index contributed by atoms with van der Waals surface area (Å²) in [5.74, 6) is 0. The molecular formula is C12H30N3P. The van der Waals surface area contributed by atoms with Crippen LogP contribution < -0.4 is 15.3 Å². The van der Waals surface area contributed by atoms with Gasteiger partial charge in [-0.2, -0.15) is 0 Å². The third-order valence-electron chi connectivity index (χ3n) is 2.40. The Morgan fingerprint density at radius 3 is 1.19 bits per heavy atom. The van der Waals surface area contributed by atoms with Gasteiger partial charge in [0, 0.05) is 19.6 Å². The first-order valence-corrected chi connectivity index (χ1v) is 8.19. The van der Waals surface area contributed by atoms with Crippen LogP contribution in [-0.2, 0) is 0 Å². The van der Waals surface area contributed by atoms with Gasteiger partial charge in [0.25, 0.3) is 0 Å². The number of unbranched alkanes of at least 4 members (excludes halogenated alkanes) is 3. The number of hydrogen-bond donors (Lipinski definition) is 3. The molecule has 0 saturated carbocycles. The Bertz CT molecular complexity index is 110. The summed E-state index contributed by atoms with van der Waals surface area (Å²) in [5, 5.41) is 10.7. The van der Waals surface area contributed by atoms with E-state index < -0.39 is 0 Å². The van der Waals surface area contributed by atoms with Gasteiger partial charge >= 0.3 is 0 Å². The predicted octanol–water partition coefficient (Wildman–Crippen LogP) is 3.38. The molecule has 0 saturated heterocycles. The minimum absolute atomic E-state index is 0.345. The van der Waals surface area contributed by atoms with E-state index in [1.807, 2.05) is 0 Å². The lowest BCUT2D eigenvalue weighted by molar-refractivity contribution is 0.712. The van der Waals surface area contributed by atoms with Gasteiger partial charge in [-0.3, -0.25) is 15.3 Å². The van der Waals surface area contributed by atoms with Gasteiger partial charge in [0.2, 0.25) is 0 Å². The Hall–Kier alpha value is 0.310. The van der Waals surface area contributed by atoms with Gasteiger partial charge in [0.05, 0.1) is 0 Å². The van der Waals surface area contributed by atoms with Crippen molar-refractivity contribution in [2.24, 2.45) is 0 Å². The summed E-state index contributed by atoms with van der Waals surface area (Å²) in [6.45, 7) is 10.1. The maximum Gasteiger partial charge on any atom is 0.111 e. The summed E-state index contributed by atoms with van der Waals surface area (Å²) in [4.78, 5) is 0. The average Bonchev–Trinajstić information content (AvgIpc) is 2.29. The summed E-state index contributed by atoms with van der Waals surface area (Å²) in [6.07, 6.45) is 7.59. The van der Waals surface area contributed by atoms with Gasteiger partial charge in [0.1, 0.15) is 8.37 Å². The third kappa shape index (κ3) is 10.8. The minimum Gasteiger partial charge on any atom is -0.271 e. The van der Waals surface area contributed by atoms with Gasteiger partial charge in [-0.1, -0.05) is 40.0 Å².